The number of hydrogen-bond acceptors (Lipinski definition) is 2. The van der Waals surface area contributed by atoms with Gasteiger partial charge in [-0.15, -0.1) is 0 Å². The highest BCUT2D eigenvalue weighted by Gasteiger charge is 2.10. The second-order valence-corrected chi connectivity index (χ2v) is 5.56. The highest BCUT2D eigenvalue weighted by molar-refractivity contribution is 9.10. The van der Waals surface area contributed by atoms with Gasteiger partial charge in [-0.3, -0.25) is 0 Å². The summed E-state index contributed by atoms with van der Waals surface area (Å²) in [6.07, 6.45) is 0.476. The molecule has 5 heteroatoms. The molecule has 1 atom stereocenters. The van der Waals surface area contributed by atoms with Crippen molar-refractivity contribution in [2.24, 2.45) is 5.73 Å². The van der Waals surface area contributed by atoms with Crippen LogP contribution in [0.1, 0.15) is 12.5 Å². The first kappa shape index (κ1) is 14.9. The van der Waals surface area contributed by atoms with Crippen LogP contribution in [0.2, 0.25) is 0 Å². The summed E-state index contributed by atoms with van der Waals surface area (Å²) < 4.78 is 32.8. The SMILES string of the molecule is CC(N)Cc1cc(F)ccc1Oc1cc(F)cc(Br)c1. The third-order valence-corrected chi connectivity index (χ3v) is 3.09. The van der Waals surface area contributed by atoms with E-state index in [1.165, 1.54) is 30.3 Å². The summed E-state index contributed by atoms with van der Waals surface area (Å²) in [4.78, 5) is 0. The lowest BCUT2D eigenvalue weighted by molar-refractivity contribution is 0.465. The third-order valence-electron chi connectivity index (χ3n) is 2.63. The zero-order valence-electron chi connectivity index (χ0n) is 10.9. The lowest BCUT2D eigenvalue weighted by Crippen LogP contribution is -2.18. The molecule has 0 aromatic heterocycles. The molecule has 2 aromatic rings. The van der Waals surface area contributed by atoms with Crippen LogP contribution in [0.4, 0.5) is 8.78 Å². The van der Waals surface area contributed by atoms with Crippen molar-refractivity contribution in [2.45, 2.75) is 19.4 Å². The molecule has 0 aliphatic rings. The van der Waals surface area contributed by atoms with E-state index in [0.29, 0.717) is 28.0 Å². The quantitative estimate of drug-likeness (QED) is 0.893. The molecular weight excluding hydrogens is 328 g/mol. The van der Waals surface area contributed by atoms with E-state index in [2.05, 4.69) is 15.9 Å². The van der Waals surface area contributed by atoms with E-state index < -0.39 is 5.82 Å². The Morgan fingerprint density at radius 3 is 2.55 bits per heavy atom. The molecule has 2 rings (SSSR count). The standard InChI is InChI=1S/C15H14BrF2NO/c1-9(19)4-10-5-12(17)2-3-15(10)20-14-7-11(16)6-13(18)8-14/h2-3,5-9H,4,19H2,1H3. The molecule has 0 amide bonds. The van der Waals surface area contributed by atoms with Crippen LogP contribution in [0.5, 0.6) is 11.5 Å². The van der Waals surface area contributed by atoms with E-state index in [9.17, 15) is 8.78 Å². The largest absolute Gasteiger partial charge is 0.457 e. The summed E-state index contributed by atoms with van der Waals surface area (Å²) in [5.74, 6) is 0.0502. The molecule has 1 unspecified atom stereocenters. The molecule has 0 saturated heterocycles. The van der Waals surface area contributed by atoms with Crippen LogP contribution in [-0.4, -0.2) is 6.04 Å². The Kier molecular flexibility index (Phi) is 4.73. The van der Waals surface area contributed by atoms with Gasteiger partial charge in [0.05, 0.1) is 0 Å². The molecule has 0 spiro atoms. The summed E-state index contributed by atoms with van der Waals surface area (Å²) in [5, 5.41) is 0. The van der Waals surface area contributed by atoms with Gasteiger partial charge in [-0.05, 0) is 49.2 Å². The van der Waals surface area contributed by atoms with Gasteiger partial charge in [0.2, 0.25) is 0 Å². The van der Waals surface area contributed by atoms with Crippen molar-refractivity contribution in [1.29, 1.82) is 0 Å². The van der Waals surface area contributed by atoms with E-state index in [1.807, 2.05) is 6.92 Å². The van der Waals surface area contributed by atoms with Gasteiger partial charge in [-0.1, -0.05) is 15.9 Å². The van der Waals surface area contributed by atoms with Gasteiger partial charge in [0.15, 0.2) is 0 Å². The average Bonchev–Trinajstić information content (AvgIpc) is 2.30. The lowest BCUT2D eigenvalue weighted by atomic mass is 10.1. The summed E-state index contributed by atoms with van der Waals surface area (Å²) >= 11 is 3.20. The summed E-state index contributed by atoms with van der Waals surface area (Å²) in [7, 11) is 0. The first-order valence-corrected chi connectivity index (χ1v) is 6.91. The van der Waals surface area contributed by atoms with Crippen molar-refractivity contribution in [3.8, 4) is 11.5 Å². The number of rotatable bonds is 4. The zero-order valence-corrected chi connectivity index (χ0v) is 12.5. The van der Waals surface area contributed by atoms with Crippen molar-refractivity contribution < 1.29 is 13.5 Å². The first-order chi connectivity index (χ1) is 9.44. The van der Waals surface area contributed by atoms with Gasteiger partial charge in [-0.2, -0.15) is 0 Å². The van der Waals surface area contributed by atoms with Gasteiger partial charge >= 0.3 is 0 Å². The van der Waals surface area contributed by atoms with Crippen LogP contribution < -0.4 is 10.5 Å². The molecule has 0 saturated carbocycles. The predicted octanol–water partition coefficient (Wildman–Crippen LogP) is 4.41. The minimum Gasteiger partial charge on any atom is -0.457 e. The molecule has 0 aliphatic carbocycles. The maximum absolute atomic E-state index is 13.3. The Morgan fingerprint density at radius 1 is 1.15 bits per heavy atom. The summed E-state index contributed by atoms with van der Waals surface area (Å²) in [6, 6.07) is 8.32. The van der Waals surface area contributed by atoms with Crippen molar-refractivity contribution in [3.05, 3.63) is 58.1 Å². The summed E-state index contributed by atoms with van der Waals surface area (Å²) in [6.45, 7) is 1.83. The molecular formula is C15H14BrF2NO. The summed E-state index contributed by atoms with van der Waals surface area (Å²) in [5.41, 5.74) is 6.39. The molecule has 20 heavy (non-hydrogen) atoms. The highest BCUT2D eigenvalue weighted by Crippen LogP contribution is 2.29. The number of benzene rings is 2. The maximum atomic E-state index is 13.3. The van der Waals surface area contributed by atoms with E-state index in [0.717, 1.165) is 0 Å². The average molecular weight is 342 g/mol. The van der Waals surface area contributed by atoms with Crippen LogP contribution in [0.15, 0.2) is 40.9 Å². The van der Waals surface area contributed by atoms with Crippen LogP contribution >= 0.6 is 15.9 Å². The molecule has 2 N–H and O–H groups in total. The van der Waals surface area contributed by atoms with Crippen LogP contribution in [0.3, 0.4) is 0 Å². The molecule has 0 bridgehead atoms. The molecule has 2 nitrogen and oxygen atoms in total. The maximum Gasteiger partial charge on any atom is 0.131 e. The lowest BCUT2D eigenvalue weighted by Gasteiger charge is -2.13. The van der Waals surface area contributed by atoms with Gasteiger partial charge in [0.25, 0.3) is 0 Å². The second kappa shape index (κ2) is 6.33. The topological polar surface area (TPSA) is 35.2 Å². The number of ether oxygens (including phenoxy) is 1. The minimum atomic E-state index is -0.412. The van der Waals surface area contributed by atoms with Gasteiger partial charge in [0.1, 0.15) is 23.1 Å². The molecule has 2 aromatic carbocycles. The van der Waals surface area contributed by atoms with Crippen LogP contribution in [0, 0.1) is 11.6 Å². The van der Waals surface area contributed by atoms with Crippen molar-refractivity contribution in [2.75, 3.05) is 0 Å². The minimum absolute atomic E-state index is 0.126. The fourth-order valence-electron chi connectivity index (χ4n) is 1.87. The van der Waals surface area contributed by atoms with Crippen molar-refractivity contribution >= 4 is 15.9 Å². The zero-order chi connectivity index (χ0) is 14.7. The molecule has 106 valence electrons. The van der Waals surface area contributed by atoms with E-state index in [4.69, 9.17) is 10.5 Å². The Bertz CT molecular complexity index is 597. The van der Waals surface area contributed by atoms with Gasteiger partial charge in [-0.25, -0.2) is 8.78 Å². The van der Waals surface area contributed by atoms with Crippen LogP contribution in [0.25, 0.3) is 0 Å². The highest BCUT2D eigenvalue weighted by atomic mass is 79.9. The second-order valence-electron chi connectivity index (χ2n) is 4.64. The predicted molar refractivity (Wildman–Crippen MR) is 77.9 cm³/mol. The van der Waals surface area contributed by atoms with E-state index >= 15 is 0 Å². The molecule has 0 aliphatic heterocycles. The normalized spacial score (nSPS) is 12.2. The number of nitrogens with two attached hydrogens (primary N) is 1. The third kappa shape index (κ3) is 4.02. The fourth-order valence-corrected chi connectivity index (χ4v) is 2.31. The monoisotopic (exact) mass is 341 g/mol. The smallest absolute Gasteiger partial charge is 0.131 e. The Labute approximate surface area is 124 Å². The Hall–Kier alpha value is -1.46. The van der Waals surface area contributed by atoms with Crippen LogP contribution in [-0.2, 0) is 6.42 Å². The van der Waals surface area contributed by atoms with Gasteiger partial charge < -0.3 is 10.5 Å². The van der Waals surface area contributed by atoms with Crippen molar-refractivity contribution in [1.82, 2.24) is 0 Å². The van der Waals surface area contributed by atoms with E-state index in [-0.39, 0.29) is 11.9 Å². The van der Waals surface area contributed by atoms with Crippen molar-refractivity contribution in [3.63, 3.8) is 0 Å². The fraction of sp³-hybridized carbons (Fsp3) is 0.200. The molecule has 0 radical (unpaired) electrons. The number of hydrogen-bond donors (Lipinski definition) is 1. The molecule has 0 fully saturated rings. The Balaban J connectivity index is 2.32. The number of halogens is 3. The van der Waals surface area contributed by atoms with E-state index in [1.54, 1.807) is 6.07 Å². The first-order valence-electron chi connectivity index (χ1n) is 6.12. The Morgan fingerprint density at radius 2 is 1.90 bits per heavy atom. The molecule has 0 heterocycles. The van der Waals surface area contributed by atoms with Gasteiger partial charge in [0, 0.05) is 16.6 Å².